The van der Waals surface area contributed by atoms with Gasteiger partial charge in [0, 0.05) is 37.9 Å². The summed E-state index contributed by atoms with van der Waals surface area (Å²) in [5.74, 6) is 1.61. The molecule has 1 saturated heterocycles. The molecule has 1 atom stereocenters. The zero-order valence-corrected chi connectivity index (χ0v) is 13.5. The number of aromatic nitrogens is 1. The largest absolute Gasteiger partial charge is 0.351 e. The minimum atomic E-state index is 0.466. The maximum Gasteiger partial charge on any atom is 0.129 e. The Labute approximate surface area is 123 Å². The van der Waals surface area contributed by atoms with E-state index in [9.17, 15) is 0 Å². The maximum atomic E-state index is 4.89. The van der Waals surface area contributed by atoms with Crippen molar-refractivity contribution in [2.24, 2.45) is 0 Å². The van der Waals surface area contributed by atoms with Crippen LogP contribution in [0.4, 0.5) is 5.82 Å². The molecule has 0 amide bonds. The van der Waals surface area contributed by atoms with Crippen LogP contribution in [0.1, 0.15) is 37.9 Å². The van der Waals surface area contributed by atoms with E-state index in [2.05, 4.69) is 55.1 Å². The molecule has 0 radical (unpaired) electrons. The van der Waals surface area contributed by atoms with E-state index >= 15 is 0 Å². The molecule has 20 heavy (non-hydrogen) atoms. The molecule has 0 spiro atoms. The number of hydrogen-bond acceptors (Lipinski definition) is 4. The topological polar surface area (TPSA) is 31.4 Å². The summed E-state index contributed by atoms with van der Waals surface area (Å²) in [5.41, 5.74) is 2.52. The predicted molar refractivity (Wildman–Crippen MR) is 85.4 cm³/mol. The summed E-state index contributed by atoms with van der Waals surface area (Å²) in [4.78, 5) is 9.73. The second-order valence-electron chi connectivity index (χ2n) is 6.25. The number of anilines is 1. The van der Waals surface area contributed by atoms with Crippen LogP contribution in [-0.4, -0.2) is 49.7 Å². The highest BCUT2D eigenvalue weighted by molar-refractivity contribution is 5.45. The molecule has 1 aliphatic heterocycles. The van der Waals surface area contributed by atoms with Gasteiger partial charge in [-0.15, -0.1) is 0 Å². The molecule has 0 aliphatic carbocycles. The maximum absolute atomic E-state index is 4.89. The summed E-state index contributed by atoms with van der Waals surface area (Å²) in [6.07, 6.45) is 0. The van der Waals surface area contributed by atoms with Gasteiger partial charge in [0.25, 0.3) is 0 Å². The van der Waals surface area contributed by atoms with E-state index in [-0.39, 0.29) is 0 Å². The molecule has 2 rings (SSSR count). The molecule has 1 aromatic heterocycles. The molecule has 1 aliphatic rings. The van der Waals surface area contributed by atoms with Crippen LogP contribution in [0.15, 0.2) is 12.1 Å². The van der Waals surface area contributed by atoms with Crippen LogP contribution in [0.25, 0.3) is 0 Å². The second kappa shape index (κ2) is 6.55. The molecule has 2 heterocycles. The molecule has 1 aromatic rings. The Morgan fingerprint density at radius 2 is 2.10 bits per heavy atom. The van der Waals surface area contributed by atoms with Crippen molar-refractivity contribution >= 4 is 5.82 Å². The Morgan fingerprint density at radius 1 is 1.35 bits per heavy atom. The summed E-state index contributed by atoms with van der Waals surface area (Å²) in [6, 6.07) is 4.99. The monoisotopic (exact) mass is 276 g/mol. The lowest BCUT2D eigenvalue weighted by atomic mass is 10.1. The average Bonchev–Trinajstić information content (AvgIpc) is 2.38. The summed E-state index contributed by atoms with van der Waals surface area (Å²) in [6.45, 7) is 10.9. The van der Waals surface area contributed by atoms with Crippen LogP contribution in [0, 0.1) is 0 Å². The fourth-order valence-corrected chi connectivity index (χ4v) is 2.82. The van der Waals surface area contributed by atoms with Crippen molar-refractivity contribution in [2.45, 2.75) is 39.3 Å². The van der Waals surface area contributed by atoms with Gasteiger partial charge in [0.2, 0.25) is 0 Å². The quantitative estimate of drug-likeness (QED) is 0.912. The van der Waals surface area contributed by atoms with Gasteiger partial charge in [0.15, 0.2) is 0 Å². The number of hydrogen-bond donors (Lipinski definition) is 1. The average molecular weight is 276 g/mol. The van der Waals surface area contributed by atoms with E-state index in [1.807, 2.05) is 7.05 Å². The molecule has 1 fully saturated rings. The lowest BCUT2D eigenvalue weighted by Gasteiger charge is -2.39. The van der Waals surface area contributed by atoms with E-state index in [0.717, 1.165) is 32.0 Å². The number of pyridine rings is 1. The highest BCUT2D eigenvalue weighted by Gasteiger charge is 2.23. The molecule has 112 valence electrons. The first-order valence-corrected chi connectivity index (χ1v) is 7.62. The third-order valence-electron chi connectivity index (χ3n) is 3.99. The fraction of sp³-hybridized carbons (Fsp3) is 0.688. The SMILES string of the molecule is CNCc1cc(C(C)C)nc(N2CCN(C)CC2C)c1. The van der Waals surface area contributed by atoms with Crippen LogP contribution in [0.5, 0.6) is 0 Å². The molecule has 1 unspecified atom stereocenters. The van der Waals surface area contributed by atoms with Gasteiger partial charge >= 0.3 is 0 Å². The minimum absolute atomic E-state index is 0.466. The Morgan fingerprint density at radius 3 is 2.70 bits per heavy atom. The molecular weight excluding hydrogens is 248 g/mol. The van der Waals surface area contributed by atoms with Crippen LogP contribution in [0.3, 0.4) is 0 Å². The van der Waals surface area contributed by atoms with Crippen molar-refractivity contribution in [3.05, 3.63) is 23.4 Å². The van der Waals surface area contributed by atoms with Gasteiger partial charge in [-0.1, -0.05) is 13.8 Å². The molecule has 0 aromatic carbocycles. The van der Waals surface area contributed by atoms with Crippen molar-refractivity contribution in [1.29, 1.82) is 0 Å². The predicted octanol–water partition coefficient (Wildman–Crippen LogP) is 2.06. The fourth-order valence-electron chi connectivity index (χ4n) is 2.82. The number of likely N-dealkylation sites (N-methyl/N-ethyl adjacent to an activating group) is 1. The first-order chi connectivity index (χ1) is 9.51. The molecule has 4 heteroatoms. The Kier molecular flexibility index (Phi) is 5.00. The summed E-state index contributed by atoms with van der Waals surface area (Å²) >= 11 is 0. The third kappa shape index (κ3) is 3.49. The van der Waals surface area contributed by atoms with E-state index in [1.54, 1.807) is 0 Å². The van der Waals surface area contributed by atoms with Crippen molar-refractivity contribution in [3.63, 3.8) is 0 Å². The van der Waals surface area contributed by atoms with E-state index in [0.29, 0.717) is 12.0 Å². The van der Waals surface area contributed by atoms with Crippen LogP contribution in [-0.2, 0) is 6.54 Å². The van der Waals surface area contributed by atoms with E-state index in [1.165, 1.54) is 11.3 Å². The number of rotatable bonds is 4. The van der Waals surface area contributed by atoms with Crippen molar-refractivity contribution in [3.8, 4) is 0 Å². The van der Waals surface area contributed by atoms with Gasteiger partial charge in [-0.2, -0.15) is 0 Å². The van der Waals surface area contributed by atoms with Crippen LogP contribution in [0.2, 0.25) is 0 Å². The van der Waals surface area contributed by atoms with Gasteiger partial charge in [-0.25, -0.2) is 4.98 Å². The summed E-state index contributed by atoms with van der Waals surface area (Å²) < 4.78 is 0. The first kappa shape index (κ1) is 15.3. The Balaban J connectivity index is 2.29. The van der Waals surface area contributed by atoms with E-state index in [4.69, 9.17) is 4.98 Å². The Hall–Kier alpha value is -1.13. The van der Waals surface area contributed by atoms with E-state index < -0.39 is 0 Å². The summed E-state index contributed by atoms with van der Waals surface area (Å²) in [7, 11) is 4.19. The number of piperazine rings is 1. The zero-order chi connectivity index (χ0) is 14.7. The normalized spacial score (nSPS) is 20.7. The lowest BCUT2D eigenvalue weighted by molar-refractivity contribution is 0.274. The van der Waals surface area contributed by atoms with Crippen molar-refractivity contribution < 1.29 is 0 Å². The molecule has 0 bridgehead atoms. The van der Waals surface area contributed by atoms with Gasteiger partial charge in [0.05, 0.1) is 0 Å². The second-order valence-corrected chi connectivity index (χ2v) is 6.25. The molecular formula is C16H28N4. The number of nitrogens with one attached hydrogen (secondary N) is 1. The van der Waals surface area contributed by atoms with Gasteiger partial charge < -0.3 is 15.1 Å². The first-order valence-electron chi connectivity index (χ1n) is 7.62. The highest BCUT2D eigenvalue weighted by atomic mass is 15.3. The molecule has 1 N–H and O–H groups in total. The van der Waals surface area contributed by atoms with Gasteiger partial charge in [-0.3, -0.25) is 0 Å². The smallest absolute Gasteiger partial charge is 0.129 e. The lowest BCUT2D eigenvalue weighted by Crippen LogP contribution is -2.50. The van der Waals surface area contributed by atoms with Gasteiger partial charge in [-0.05, 0) is 44.6 Å². The third-order valence-corrected chi connectivity index (χ3v) is 3.99. The highest BCUT2D eigenvalue weighted by Crippen LogP contribution is 2.23. The standard InChI is InChI=1S/C16H28N4/c1-12(2)15-8-14(10-17-4)9-16(18-15)20-7-6-19(5)11-13(20)3/h8-9,12-13,17H,6-7,10-11H2,1-5H3. The summed E-state index contributed by atoms with van der Waals surface area (Å²) in [5, 5.41) is 3.24. The molecule has 4 nitrogen and oxygen atoms in total. The Bertz CT molecular complexity index is 444. The molecule has 0 saturated carbocycles. The van der Waals surface area contributed by atoms with Gasteiger partial charge in [0.1, 0.15) is 5.82 Å². The minimum Gasteiger partial charge on any atom is -0.351 e. The number of nitrogens with zero attached hydrogens (tertiary/aromatic N) is 3. The van der Waals surface area contributed by atoms with Crippen molar-refractivity contribution in [2.75, 3.05) is 38.6 Å². The van der Waals surface area contributed by atoms with Crippen LogP contribution < -0.4 is 10.2 Å². The zero-order valence-electron chi connectivity index (χ0n) is 13.5. The van der Waals surface area contributed by atoms with Crippen molar-refractivity contribution in [1.82, 2.24) is 15.2 Å². The van der Waals surface area contributed by atoms with Crippen LogP contribution >= 0.6 is 0 Å².